The Morgan fingerprint density at radius 1 is 0.964 bits per heavy atom. The largest absolute Gasteiger partial charge is 0.451 e. The van der Waals surface area contributed by atoms with E-state index >= 15 is 0 Å². The fourth-order valence-corrected chi connectivity index (χ4v) is 3.17. The third-order valence-electron chi connectivity index (χ3n) is 4.80. The van der Waals surface area contributed by atoms with Crippen molar-refractivity contribution < 1.29 is 19.1 Å². The Kier molecular flexibility index (Phi) is 8.29. The summed E-state index contributed by atoms with van der Waals surface area (Å²) < 4.78 is 5.41. The van der Waals surface area contributed by atoms with Gasteiger partial charge in [0.25, 0.3) is 5.91 Å². The quantitative estimate of drug-likeness (QED) is 0.732. The summed E-state index contributed by atoms with van der Waals surface area (Å²) in [5.74, 6) is -0.963. The number of anilines is 1. The number of para-hydroxylation sites is 1. The van der Waals surface area contributed by atoms with Crippen LogP contribution >= 0.6 is 0 Å². The van der Waals surface area contributed by atoms with Crippen LogP contribution in [-0.4, -0.2) is 48.0 Å². The molecule has 28 heavy (non-hydrogen) atoms. The lowest BCUT2D eigenvalue weighted by molar-refractivity contribution is -0.161. The minimum absolute atomic E-state index is 0.175. The fourth-order valence-electron chi connectivity index (χ4n) is 3.17. The van der Waals surface area contributed by atoms with Gasteiger partial charge >= 0.3 is 12.0 Å². The molecule has 0 radical (unpaired) electrons. The molecular weight excluding hydrogens is 358 g/mol. The number of esters is 1. The number of nitrogens with one attached hydrogen (secondary N) is 2. The molecular formula is C21H31N3O4. The lowest BCUT2D eigenvalue weighted by atomic mass is 10.0. The van der Waals surface area contributed by atoms with Gasteiger partial charge in [0.05, 0.1) is 0 Å². The highest BCUT2D eigenvalue weighted by Crippen LogP contribution is 2.13. The van der Waals surface area contributed by atoms with Crippen LogP contribution in [0.3, 0.4) is 0 Å². The zero-order valence-electron chi connectivity index (χ0n) is 16.9. The number of carbonyl (C=O) groups is 3. The Bertz CT molecular complexity index is 655. The third kappa shape index (κ3) is 6.55. The molecule has 1 aromatic rings. The number of carbonyl (C=O) groups excluding carboxylic acids is 3. The van der Waals surface area contributed by atoms with Crippen LogP contribution in [-0.2, 0) is 14.3 Å². The van der Waals surface area contributed by atoms with Gasteiger partial charge in [-0.15, -0.1) is 0 Å². The Balaban J connectivity index is 1.92. The second-order valence-electron chi connectivity index (χ2n) is 7.50. The molecule has 0 aromatic heterocycles. The van der Waals surface area contributed by atoms with Crippen LogP contribution in [0.2, 0.25) is 0 Å². The maximum absolute atomic E-state index is 12.6. The second-order valence-corrected chi connectivity index (χ2v) is 7.50. The van der Waals surface area contributed by atoms with Gasteiger partial charge in [-0.05, 0) is 37.8 Å². The van der Waals surface area contributed by atoms with E-state index in [0.717, 1.165) is 25.7 Å². The van der Waals surface area contributed by atoms with Crippen molar-refractivity contribution in [1.29, 1.82) is 0 Å². The van der Waals surface area contributed by atoms with Crippen molar-refractivity contribution in [2.75, 3.05) is 18.4 Å². The summed E-state index contributed by atoms with van der Waals surface area (Å²) in [5, 5.41) is 5.33. The van der Waals surface area contributed by atoms with Crippen LogP contribution < -0.4 is 10.6 Å². The molecule has 1 aliphatic heterocycles. The number of urea groups is 1. The summed E-state index contributed by atoms with van der Waals surface area (Å²) in [6.07, 6.45) is 3.32. The summed E-state index contributed by atoms with van der Waals surface area (Å²) in [6.45, 7) is 6.62. The van der Waals surface area contributed by atoms with E-state index in [1.54, 1.807) is 36.1 Å². The number of rotatable bonds is 6. The fraction of sp³-hybridized carbons (Fsp3) is 0.571. The predicted molar refractivity (Wildman–Crippen MR) is 108 cm³/mol. The average molecular weight is 389 g/mol. The van der Waals surface area contributed by atoms with Crippen LogP contribution in [0.25, 0.3) is 0 Å². The number of benzene rings is 1. The van der Waals surface area contributed by atoms with E-state index in [2.05, 4.69) is 10.6 Å². The predicted octanol–water partition coefficient (Wildman–Crippen LogP) is 3.17. The first-order chi connectivity index (χ1) is 13.4. The molecule has 1 aliphatic rings. The van der Waals surface area contributed by atoms with Gasteiger partial charge in [-0.2, -0.15) is 0 Å². The zero-order chi connectivity index (χ0) is 20.5. The summed E-state index contributed by atoms with van der Waals surface area (Å²) in [5.41, 5.74) is 0.626. The molecule has 7 nitrogen and oxygen atoms in total. The number of hydrogen-bond acceptors (Lipinski definition) is 4. The van der Waals surface area contributed by atoms with Gasteiger partial charge in [-0.3, -0.25) is 4.79 Å². The molecule has 0 spiro atoms. The highest BCUT2D eigenvalue weighted by molar-refractivity contribution is 5.93. The summed E-state index contributed by atoms with van der Waals surface area (Å²) >= 11 is 0. The molecule has 1 aromatic carbocycles. The highest BCUT2D eigenvalue weighted by atomic mass is 16.5. The first-order valence-electron chi connectivity index (χ1n) is 10.0. The molecule has 0 bridgehead atoms. The first kappa shape index (κ1) is 21.7. The van der Waals surface area contributed by atoms with Crippen molar-refractivity contribution in [2.45, 2.75) is 58.6 Å². The lowest BCUT2D eigenvalue weighted by Crippen LogP contribution is -2.49. The molecule has 1 fully saturated rings. The van der Waals surface area contributed by atoms with Crippen molar-refractivity contribution >= 4 is 23.6 Å². The van der Waals surface area contributed by atoms with Gasteiger partial charge in [-0.25, -0.2) is 9.59 Å². The monoisotopic (exact) mass is 389 g/mol. The summed E-state index contributed by atoms with van der Waals surface area (Å²) in [6, 6.07) is 7.63. The van der Waals surface area contributed by atoms with Crippen LogP contribution in [0.4, 0.5) is 10.5 Å². The SMILES string of the molecule is CC(C)[C@@H](NC(=O)Nc1ccccc1)C(=O)O[C@H](C)C(=O)N1CCCCCC1. The molecule has 1 heterocycles. The van der Waals surface area contributed by atoms with Crippen LogP contribution in [0.5, 0.6) is 0 Å². The maximum atomic E-state index is 12.6. The molecule has 1 saturated heterocycles. The number of amides is 3. The van der Waals surface area contributed by atoms with E-state index in [0.29, 0.717) is 18.8 Å². The lowest BCUT2D eigenvalue weighted by Gasteiger charge is -2.26. The standard InChI is InChI=1S/C21H31N3O4/c1-15(2)18(23-21(27)22-17-11-7-6-8-12-17)20(26)28-16(3)19(25)24-13-9-4-5-10-14-24/h6-8,11-12,15-16,18H,4-5,9-10,13-14H2,1-3H3,(H2,22,23,27)/t16-,18-/m1/s1. The minimum atomic E-state index is -0.870. The molecule has 0 aliphatic carbocycles. The van der Waals surface area contributed by atoms with Gasteiger partial charge in [0.1, 0.15) is 6.04 Å². The van der Waals surface area contributed by atoms with Crippen molar-refractivity contribution in [3.8, 4) is 0 Å². The molecule has 2 N–H and O–H groups in total. The molecule has 7 heteroatoms. The van der Waals surface area contributed by atoms with Crippen molar-refractivity contribution in [2.24, 2.45) is 5.92 Å². The first-order valence-corrected chi connectivity index (χ1v) is 10.0. The molecule has 3 amide bonds. The van der Waals surface area contributed by atoms with E-state index in [4.69, 9.17) is 4.74 Å². The maximum Gasteiger partial charge on any atom is 0.329 e. The number of ether oxygens (including phenoxy) is 1. The normalized spacial score (nSPS) is 16.6. The van der Waals surface area contributed by atoms with Crippen LogP contribution in [0.1, 0.15) is 46.5 Å². The van der Waals surface area contributed by atoms with Crippen molar-refractivity contribution in [1.82, 2.24) is 10.2 Å². The molecule has 2 atom stereocenters. The van der Waals surface area contributed by atoms with Crippen molar-refractivity contribution in [3.05, 3.63) is 30.3 Å². The smallest absolute Gasteiger partial charge is 0.329 e. The topological polar surface area (TPSA) is 87.7 Å². The average Bonchev–Trinajstić information content (AvgIpc) is 2.95. The second kappa shape index (κ2) is 10.7. The zero-order valence-corrected chi connectivity index (χ0v) is 16.9. The highest BCUT2D eigenvalue weighted by Gasteiger charge is 2.30. The number of nitrogens with zero attached hydrogens (tertiary/aromatic N) is 1. The third-order valence-corrected chi connectivity index (χ3v) is 4.80. The van der Waals surface area contributed by atoms with Crippen molar-refractivity contribution in [3.63, 3.8) is 0 Å². The van der Waals surface area contributed by atoms with Gasteiger partial charge in [0.2, 0.25) is 0 Å². The van der Waals surface area contributed by atoms with E-state index in [1.807, 2.05) is 19.9 Å². The van der Waals surface area contributed by atoms with Crippen LogP contribution in [0, 0.1) is 5.92 Å². The molecule has 154 valence electrons. The van der Waals surface area contributed by atoms with E-state index in [-0.39, 0.29) is 11.8 Å². The molecule has 0 unspecified atom stereocenters. The van der Waals surface area contributed by atoms with E-state index < -0.39 is 24.1 Å². The molecule has 0 saturated carbocycles. The Labute approximate surface area is 166 Å². The minimum Gasteiger partial charge on any atom is -0.451 e. The van der Waals surface area contributed by atoms with Gasteiger partial charge < -0.3 is 20.3 Å². The van der Waals surface area contributed by atoms with Crippen LogP contribution in [0.15, 0.2) is 30.3 Å². The Morgan fingerprint density at radius 3 is 2.14 bits per heavy atom. The number of likely N-dealkylation sites (tertiary alicyclic amines) is 1. The Morgan fingerprint density at radius 2 is 1.57 bits per heavy atom. The van der Waals surface area contributed by atoms with Gasteiger partial charge in [0, 0.05) is 18.8 Å². The Hall–Kier alpha value is -2.57. The summed E-state index contributed by atoms with van der Waals surface area (Å²) in [7, 11) is 0. The van der Waals surface area contributed by atoms with E-state index in [9.17, 15) is 14.4 Å². The number of hydrogen-bond donors (Lipinski definition) is 2. The van der Waals surface area contributed by atoms with E-state index in [1.165, 1.54) is 0 Å². The van der Waals surface area contributed by atoms with Gasteiger partial charge in [0.15, 0.2) is 6.10 Å². The summed E-state index contributed by atoms with van der Waals surface area (Å²) in [4.78, 5) is 39.2. The molecule has 2 rings (SSSR count). The van der Waals surface area contributed by atoms with Gasteiger partial charge in [-0.1, -0.05) is 44.9 Å².